The molecule has 1 N–H and O–H groups in total. The maximum absolute atomic E-state index is 6.44. The van der Waals surface area contributed by atoms with Crippen LogP contribution in [-0.4, -0.2) is 30.0 Å². The van der Waals surface area contributed by atoms with Gasteiger partial charge in [-0.25, -0.2) is 0 Å². The van der Waals surface area contributed by atoms with Crippen molar-refractivity contribution in [1.82, 2.24) is 15.1 Å². The fraction of sp³-hybridized carbons (Fsp3) is 0.812. The second-order valence-electron chi connectivity index (χ2n) is 6.15. The monoisotopic (exact) mass is 313 g/mol. The van der Waals surface area contributed by atoms with Gasteiger partial charge in [-0.15, -0.1) is 0 Å². The smallest absolute Gasteiger partial charge is 0.0834 e. The molecule has 1 atom stereocenters. The molecule has 1 aliphatic carbocycles. The van der Waals surface area contributed by atoms with Gasteiger partial charge < -0.3 is 10.1 Å². The lowest BCUT2D eigenvalue weighted by atomic mass is 9.78. The Balaban J connectivity index is 2.19. The number of nitrogens with zero attached hydrogens (tertiary/aromatic N) is 2. The summed E-state index contributed by atoms with van der Waals surface area (Å²) in [5.41, 5.74) is 1.13. The van der Waals surface area contributed by atoms with Crippen molar-refractivity contribution in [3.05, 3.63) is 16.9 Å². The highest BCUT2D eigenvalue weighted by molar-refractivity contribution is 6.31. The van der Waals surface area contributed by atoms with Crippen LogP contribution in [0, 0.1) is 11.8 Å². The highest BCUT2D eigenvalue weighted by Gasteiger charge is 2.30. The Kier molecular flexibility index (Phi) is 6.52. The van der Waals surface area contributed by atoms with E-state index in [0.717, 1.165) is 29.7 Å². The van der Waals surface area contributed by atoms with Crippen molar-refractivity contribution < 1.29 is 4.74 Å². The third-order valence-corrected chi connectivity index (χ3v) is 4.88. The van der Waals surface area contributed by atoms with Gasteiger partial charge in [0.05, 0.1) is 36.1 Å². The summed E-state index contributed by atoms with van der Waals surface area (Å²) >= 11 is 6.44. The van der Waals surface area contributed by atoms with Crippen molar-refractivity contribution in [2.24, 2.45) is 11.8 Å². The van der Waals surface area contributed by atoms with Crippen LogP contribution in [0.1, 0.15) is 51.3 Å². The summed E-state index contributed by atoms with van der Waals surface area (Å²) in [6, 6.07) is 0.300. The lowest BCUT2D eigenvalue weighted by Crippen LogP contribution is -2.33. The number of hydrogen-bond acceptors (Lipinski definition) is 3. The van der Waals surface area contributed by atoms with E-state index in [1.807, 2.05) is 4.68 Å². The lowest BCUT2D eigenvalue weighted by Gasteiger charge is -2.33. The molecule has 21 heavy (non-hydrogen) atoms. The zero-order valence-corrected chi connectivity index (χ0v) is 14.2. The van der Waals surface area contributed by atoms with Gasteiger partial charge in [-0.2, -0.15) is 5.10 Å². The summed E-state index contributed by atoms with van der Waals surface area (Å²) in [6.45, 7) is 6.87. The normalized spacial score (nSPS) is 24.2. The van der Waals surface area contributed by atoms with Crippen molar-refractivity contribution >= 4 is 11.6 Å². The molecule has 0 spiro atoms. The van der Waals surface area contributed by atoms with Crippen molar-refractivity contribution in [2.75, 3.05) is 20.3 Å². The van der Waals surface area contributed by atoms with E-state index in [9.17, 15) is 0 Å². The minimum atomic E-state index is 0.300. The quantitative estimate of drug-likeness (QED) is 0.835. The summed E-state index contributed by atoms with van der Waals surface area (Å²) in [6.07, 6.45) is 6.93. The summed E-state index contributed by atoms with van der Waals surface area (Å²) < 4.78 is 7.20. The molecule has 1 aromatic rings. The molecule has 2 rings (SSSR count). The van der Waals surface area contributed by atoms with E-state index in [0.29, 0.717) is 18.6 Å². The van der Waals surface area contributed by atoms with Gasteiger partial charge in [-0.1, -0.05) is 38.3 Å². The highest BCUT2D eigenvalue weighted by atomic mass is 35.5. The van der Waals surface area contributed by atoms with Gasteiger partial charge in [0.25, 0.3) is 0 Å². The van der Waals surface area contributed by atoms with Crippen LogP contribution in [0.4, 0.5) is 0 Å². The molecule has 0 aromatic carbocycles. The third-order valence-electron chi connectivity index (χ3n) is 4.59. The minimum absolute atomic E-state index is 0.300. The first kappa shape index (κ1) is 16.8. The van der Waals surface area contributed by atoms with E-state index in [2.05, 4.69) is 24.3 Å². The molecular weight excluding hydrogens is 286 g/mol. The Morgan fingerprint density at radius 1 is 1.43 bits per heavy atom. The summed E-state index contributed by atoms with van der Waals surface area (Å²) in [5, 5.41) is 8.85. The van der Waals surface area contributed by atoms with E-state index < -0.39 is 0 Å². The molecule has 1 fully saturated rings. The second kappa shape index (κ2) is 8.16. The van der Waals surface area contributed by atoms with E-state index in [1.54, 1.807) is 13.3 Å². The molecule has 1 aliphatic rings. The van der Waals surface area contributed by atoms with Crippen LogP contribution < -0.4 is 5.32 Å². The summed E-state index contributed by atoms with van der Waals surface area (Å²) in [5.74, 6) is 1.51. The van der Waals surface area contributed by atoms with E-state index >= 15 is 0 Å². The summed E-state index contributed by atoms with van der Waals surface area (Å²) in [7, 11) is 1.72. The Hall–Kier alpha value is -0.580. The lowest BCUT2D eigenvalue weighted by molar-refractivity contribution is 0.177. The van der Waals surface area contributed by atoms with Gasteiger partial charge in [0, 0.05) is 7.11 Å². The number of aromatic nitrogens is 2. The van der Waals surface area contributed by atoms with Crippen LogP contribution in [-0.2, 0) is 11.3 Å². The Morgan fingerprint density at radius 3 is 2.76 bits per heavy atom. The van der Waals surface area contributed by atoms with Gasteiger partial charge in [0.1, 0.15) is 0 Å². The standard InChI is InChI=1S/C16H28ClN3O/c1-4-18-15(13-7-5-12(2)6-8-13)16-14(17)11-19-20(16)9-10-21-3/h11-13,15,18H,4-10H2,1-3H3. The van der Waals surface area contributed by atoms with Crippen LogP contribution in [0.2, 0.25) is 5.02 Å². The molecule has 0 saturated heterocycles. The van der Waals surface area contributed by atoms with Crippen LogP contribution in [0.3, 0.4) is 0 Å². The summed E-state index contributed by atoms with van der Waals surface area (Å²) in [4.78, 5) is 0. The first-order valence-corrected chi connectivity index (χ1v) is 8.48. The zero-order chi connectivity index (χ0) is 15.2. The molecule has 1 heterocycles. The molecule has 0 radical (unpaired) electrons. The van der Waals surface area contributed by atoms with Crippen molar-refractivity contribution in [3.8, 4) is 0 Å². The number of rotatable bonds is 7. The molecule has 1 saturated carbocycles. The van der Waals surface area contributed by atoms with Gasteiger partial charge in [-0.05, 0) is 31.2 Å². The zero-order valence-electron chi connectivity index (χ0n) is 13.4. The van der Waals surface area contributed by atoms with Gasteiger partial charge >= 0.3 is 0 Å². The molecule has 120 valence electrons. The van der Waals surface area contributed by atoms with E-state index in [4.69, 9.17) is 16.3 Å². The van der Waals surface area contributed by atoms with Crippen LogP contribution in [0.5, 0.6) is 0 Å². The maximum Gasteiger partial charge on any atom is 0.0834 e. The molecular formula is C16H28ClN3O. The first-order valence-electron chi connectivity index (χ1n) is 8.10. The molecule has 1 unspecified atom stereocenters. The fourth-order valence-corrected chi connectivity index (χ4v) is 3.62. The maximum atomic E-state index is 6.44. The molecule has 0 amide bonds. The topological polar surface area (TPSA) is 39.1 Å². The Morgan fingerprint density at radius 2 is 2.14 bits per heavy atom. The predicted molar refractivity (Wildman–Crippen MR) is 86.7 cm³/mol. The van der Waals surface area contributed by atoms with Crippen LogP contribution >= 0.6 is 11.6 Å². The van der Waals surface area contributed by atoms with Crippen molar-refractivity contribution in [2.45, 2.75) is 52.1 Å². The molecule has 5 heteroatoms. The second-order valence-corrected chi connectivity index (χ2v) is 6.56. The van der Waals surface area contributed by atoms with Crippen LogP contribution in [0.15, 0.2) is 6.20 Å². The molecule has 1 aromatic heterocycles. The minimum Gasteiger partial charge on any atom is -0.383 e. The number of methoxy groups -OCH3 is 1. The Labute approximate surface area is 133 Å². The van der Waals surface area contributed by atoms with E-state index in [-0.39, 0.29) is 0 Å². The SMILES string of the molecule is CCNC(c1c(Cl)cnn1CCOC)C1CCC(C)CC1. The highest BCUT2D eigenvalue weighted by Crippen LogP contribution is 2.38. The predicted octanol–water partition coefficient (Wildman–Crippen LogP) is 3.66. The van der Waals surface area contributed by atoms with Crippen molar-refractivity contribution in [1.29, 1.82) is 0 Å². The van der Waals surface area contributed by atoms with Crippen LogP contribution in [0.25, 0.3) is 0 Å². The number of hydrogen-bond donors (Lipinski definition) is 1. The molecule has 4 nitrogen and oxygen atoms in total. The van der Waals surface area contributed by atoms with Gasteiger partial charge in [0.15, 0.2) is 0 Å². The number of ether oxygens (including phenoxy) is 1. The fourth-order valence-electron chi connectivity index (χ4n) is 3.36. The van der Waals surface area contributed by atoms with Gasteiger partial charge in [0.2, 0.25) is 0 Å². The average molecular weight is 314 g/mol. The molecule has 0 bridgehead atoms. The Bertz CT molecular complexity index is 427. The average Bonchev–Trinajstić information content (AvgIpc) is 2.84. The van der Waals surface area contributed by atoms with Crippen molar-refractivity contribution in [3.63, 3.8) is 0 Å². The molecule has 0 aliphatic heterocycles. The largest absolute Gasteiger partial charge is 0.383 e. The number of nitrogens with one attached hydrogen (secondary N) is 1. The van der Waals surface area contributed by atoms with E-state index in [1.165, 1.54) is 25.7 Å². The van der Waals surface area contributed by atoms with Gasteiger partial charge in [-0.3, -0.25) is 4.68 Å². The third kappa shape index (κ3) is 4.21. The first-order chi connectivity index (χ1) is 10.2. The number of halogens is 1.